The molecule has 2 nitrogen and oxygen atoms in total. The lowest BCUT2D eigenvalue weighted by molar-refractivity contribution is 0.0670. The van der Waals surface area contributed by atoms with Gasteiger partial charge in [0, 0.05) is 12.6 Å². The Morgan fingerprint density at radius 3 is 2.22 bits per heavy atom. The summed E-state index contributed by atoms with van der Waals surface area (Å²) in [5.41, 5.74) is 0. The van der Waals surface area contributed by atoms with Gasteiger partial charge in [-0.15, -0.1) is 0 Å². The zero-order valence-corrected chi connectivity index (χ0v) is 13.3. The van der Waals surface area contributed by atoms with Crippen molar-refractivity contribution in [3.05, 3.63) is 0 Å². The van der Waals surface area contributed by atoms with E-state index in [-0.39, 0.29) is 0 Å². The number of hydrogen-bond acceptors (Lipinski definition) is 2. The molecule has 0 aromatic rings. The highest BCUT2D eigenvalue weighted by Crippen LogP contribution is 2.13. The summed E-state index contributed by atoms with van der Waals surface area (Å²) in [7, 11) is 0. The molecule has 110 valence electrons. The average molecular weight is 257 g/mol. The van der Waals surface area contributed by atoms with Gasteiger partial charge in [-0.1, -0.05) is 53.9 Å². The Balaban J connectivity index is 3.81. The molecule has 0 saturated carbocycles. The van der Waals surface area contributed by atoms with Gasteiger partial charge in [0.05, 0.1) is 6.61 Å². The number of nitrogens with one attached hydrogen (secondary N) is 1. The van der Waals surface area contributed by atoms with Crippen molar-refractivity contribution in [2.24, 2.45) is 11.8 Å². The number of ether oxygens (including phenoxy) is 1. The molecule has 2 unspecified atom stereocenters. The lowest BCUT2D eigenvalue weighted by Crippen LogP contribution is -2.38. The second-order valence-corrected chi connectivity index (χ2v) is 5.76. The van der Waals surface area contributed by atoms with Gasteiger partial charge in [0.2, 0.25) is 0 Å². The molecule has 0 amide bonds. The Morgan fingerprint density at radius 1 is 1.00 bits per heavy atom. The smallest absolute Gasteiger partial charge is 0.0622 e. The molecule has 2 atom stereocenters. The lowest BCUT2D eigenvalue weighted by Gasteiger charge is -2.23. The third-order valence-electron chi connectivity index (χ3n) is 3.66. The fraction of sp³-hybridized carbons (Fsp3) is 1.00. The van der Waals surface area contributed by atoms with Gasteiger partial charge in [0.15, 0.2) is 0 Å². The Morgan fingerprint density at radius 2 is 1.72 bits per heavy atom. The summed E-state index contributed by atoms with van der Waals surface area (Å²) in [5.74, 6) is 1.40. The van der Waals surface area contributed by atoms with Crippen molar-refractivity contribution in [2.75, 3.05) is 19.8 Å². The van der Waals surface area contributed by atoms with E-state index in [2.05, 4.69) is 39.9 Å². The first-order valence-electron chi connectivity index (χ1n) is 7.96. The van der Waals surface area contributed by atoms with Gasteiger partial charge in [0.1, 0.15) is 0 Å². The van der Waals surface area contributed by atoms with Crippen LogP contribution in [0.15, 0.2) is 0 Å². The fourth-order valence-electron chi connectivity index (χ4n) is 2.08. The highest BCUT2D eigenvalue weighted by atomic mass is 16.5. The summed E-state index contributed by atoms with van der Waals surface area (Å²) in [5, 5.41) is 3.58. The largest absolute Gasteiger partial charge is 0.380 e. The highest BCUT2D eigenvalue weighted by Gasteiger charge is 2.13. The molecule has 0 radical (unpaired) electrons. The van der Waals surface area contributed by atoms with Crippen LogP contribution in [0.25, 0.3) is 0 Å². The van der Waals surface area contributed by atoms with E-state index in [1.807, 2.05) is 0 Å². The zero-order chi connectivity index (χ0) is 13.8. The number of unbranched alkanes of at least 4 members (excludes halogenated alkanes) is 1. The van der Waals surface area contributed by atoms with Crippen LogP contribution < -0.4 is 5.32 Å². The van der Waals surface area contributed by atoms with Crippen LogP contribution >= 0.6 is 0 Å². The molecule has 0 rings (SSSR count). The van der Waals surface area contributed by atoms with E-state index >= 15 is 0 Å². The van der Waals surface area contributed by atoms with Crippen molar-refractivity contribution in [1.29, 1.82) is 0 Å². The summed E-state index contributed by atoms with van der Waals surface area (Å²) < 4.78 is 5.94. The zero-order valence-electron chi connectivity index (χ0n) is 13.3. The van der Waals surface area contributed by atoms with Crippen molar-refractivity contribution in [3.8, 4) is 0 Å². The summed E-state index contributed by atoms with van der Waals surface area (Å²) in [6.45, 7) is 14.2. The monoisotopic (exact) mass is 257 g/mol. The molecule has 1 N–H and O–H groups in total. The third kappa shape index (κ3) is 8.93. The minimum Gasteiger partial charge on any atom is -0.380 e. The molecular weight excluding hydrogens is 222 g/mol. The molecule has 0 aliphatic heterocycles. The first-order valence-corrected chi connectivity index (χ1v) is 7.96. The molecule has 2 heteroatoms. The summed E-state index contributed by atoms with van der Waals surface area (Å²) >= 11 is 0. The predicted molar refractivity (Wildman–Crippen MR) is 81.0 cm³/mol. The minimum atomic E-state index is 0.508. The minimum absolute atomic E-state index is 0.508. The van der Waals surface area contributed by atoms with Gasteiger partial charge < -0.3 is 10.1 Å². The number of rotatable bonds is 12. The van der Waals surface area contributed by atoms with Gasteiger partial charge >= 0.3 is 0 Å². The van der Waals surface area contributed by atoms with E-state index in [1.165, 1.54) is 32.1 Å². The molecular formula is C16H35NO. The van der Waals surface area contributed by atoms with E-state index in [0.29, 0.717) is 12.0 Å². The normalized spacial score (nSPS) is 15.0. The van der Waals surface area contributed by atoms with Gasteiger partial charge in [-0.05, 0) is 31.2 Å². The first-order chi connectivity index (χ1) is 8.65. The first kappa shape index (κ1) is 17.9. The van der Waals surface area contributed by atoms with Crippen LogP contribution in [0.2, 0.25) is 0 Å². The standard InChI is InChI=1S/C16H35NO/c1-6-9-10-15(8-3)12-18-13-16(14(4)5)17-11-7-2/h14-17H,6-13H2,1-5H3. The Hall–Kier alpha value is -0.0800. The van der Waals surface area contributed by atoms with Crippen LogP contribution in [0.3, 0.4) is 0 Å². The third-order valence-corrected chi connectivity index (χ3v) is 3.66. The average Bonchev–Trinajstić information content (AvgIpc) is 2.36. The molecule has 0 aromatic heterocycles. The van der Waals surface area contributed by atoms with E-state index in [0.717, 1.165) is 25.7 Å². The molecule has 0 bridgehead atoms. The van der Waals surface area contributed by atoms with Gasteiger partial charge in [-0.2, -0.15) is 0 Å². The van der Waals surface area contributed by atoms with Gasteiger partial charge in [0.25, 0.3) is 0 Å². The maximum Gasteiger partial charge on any atom is 0.0622 e. The second kappa shape index (κ2) is 12.0. The quantitative estimate of drug-likeness (QED) is 0.564. The molecule has 0 saturated heterocycles. The fourth-order valence-corrected chi connectivity index (χ4v) is 2.08. The van der Waals surface area contributed by atoms with Gasteiger partial charge in [-0.25, -0.2) is 0 Å². The summed E-state index contributed by atoms with van der Waals surface area (Å²) in [4.78, 5) is 0. The maximum atomic E-state index is 5.94. The maximum absolute atomic E-state index is 5.94. The summed E-state index contributed by atoms with van der Waals surface area (Å²) in [6, 6.07) is 0.508. The summed E-state index contributed by atoms with van der Waals surface area (Å²) in [6.07, 6.45) is 6.39. The molecule has 0 aliphatic rings. The highest BCUT2D eigenvalue weighted by molar-refractivity contribution is 4.70. The van der Waals surface area contributed by atoms with Crippen molar-refractivity contribution >= 4 is 0 Å². The topological polar surface area (TPSA) is 21.3 Å². The van der Waals surface area contributed by atoms with Crippen LogP contribution in [-0.2, 0) is 4.74 Å². The molecule has 18 heavy (non-hydrogen) atoms. The second-order valence-electron chi connectivity index (χ2n) is 5.76. The van der Waals surface area contributed by atoms with Crippen LogP contribution in [0.1, 0.15) is 66.7 Å². The SMILES string of the molecule is CCCCC(CC)COCC(NCCC)C(C)C. The Kier molecular flexibility index (Phi) is 11.9. The molecule has 0 aromatic carbocycles. The molecule has 0 fully saturated rings. The number of hydrogen-bond donors (Lipinski definition) is 1. The van der Waals surface area contributed by atoms with E-state index in [4.69, 9.17) is 4.74 Å². The van der Waals surface area contributed by atoms with Crippen LogP contribution in [0.4, 0.5) is 0 Å². The lowest BCUT2D eigenvalue weighted by atomic mass is 10.0. The van der Waals surface area contributed by atoms with Crippen LogP contribution in [-0.4, -0.2) is 25.8 Å². The van der Waals surface area contributed by atoms with Crippen molar-refractivity contribution in [2.45, 2.75) is 72.8 Å². The van der Waals surface area contributed by atoms with Crippen LogP contribution in [0.5, 0.6) is 0 Å². The Bertz CT molecular complexity index is 170. The van der Waals surface area contributed by atoms with Crippen molar-refractivity contribution in [1.82, 2.24) is 5.32 Å². The molecule has 0 aliphatic carbocycles. The molecule has 0 heterocycles. The predicted octanol–water partition coefficient (Wildman–Crippen LogP) is 4.24. The van der Waals surface area contributed by atoms with E-state index in [9.17, 15) is 0 Å². The van der Waals surface area contributed by atoms with Crippen molar-refractivity contribution in [3.63, 3.8) is 0 Å². The van der Waals surface area contributed by atoms with Crippen LogP contribution in [0, 0.1) is 11.8 Å². The van der Waals surface area contributed by atoms with Crippen molar-refractivity contribution < 1.29 is 4.74 Å². The van der Waals surface area contributed by atoms with Gasteiger partial charge in [-0.3, -0.25) is 0 Å². The van der Waals surface area contributed by atoms with E-state index in [1.54, 1.807) is 0 Å². The molecule has 0 spiro atoms. The Labute approximate surface area is 115 Å². The van der Waals surface area contributed by atoms with E-state index < -0.39 is 0 Å².